The van der Waals surface area contributed by atoms with Crippen molar-refractivity contribution in [1.82, 2.24) is 5.32 Å². The molecule has 110 valence electrons. The van der Waals surface area contributed by atoms with E-state index in [1.165, 1.54) is 19.1 Å². The van der Waals surface area contributed by atoms with Crippen molar-refractivity contribution >= 4 is 22.8 Å². The molecule has 0 saturated carbocycles. The largest absolute Gasteiger partial charge is 0.484 e. The summed E-state index contributed by atoms with van der Waals surface area (Å²) in [4.78, 5) is 33.2. The highest BCUT2D eigenvalue weighted by Gasteiger charge is 2.14. The first-order valence-electron chi connectivity index (χ1n) is 6.14. The van der Waals surface area contributed by atoms with Crippen LogP contribution in [0.25, 0.3) is 11.0 Å². The molecule has 2 rings (SSSR count). The van der Waals surface area contributed by atoms with Crippen LogP contribution < -0.4 is 15.7 Å². The molecule has 1 unspecified atom stereocenters. The second-order valence-corrected chi connectivity index (χ2v) is 4.37. The van der Waals surface area contributed by atoms with Gasteiger partial charge in [0, 0.05) is 17.5 Å². The molecule has 1 heterocycles. The number of fused-ring (bicyclic) bond motifs is 1. The lowest BCUT2D eigenvalue weighted by atomic mass is 10.2. The summed E-state index contributed by atoms with van der Waals surface area (Å²) in [5.41, 5.74) is -0.132. The number of hydrogen-bond donors (Lipinski definition) is 2. The monoisotopic (exact) mass is 291 g/mol. The van der Waals surface area contributed by atoms with Gasteiger partial charge in [-0.2, -0.15) is 0 Å². The van der Waals surface area contributed by atoms with Gasteiger partial charge in [-0.3, -0.25) is 9.59 Å². The fourth-order valence-corrected chi connectivity index (χ4v) is 1.62. The molecule has 0 spiro atoms. The molecule has 1 atom stereocenters. The first kappa shape index (κ1) is 14.6. The molecule has 7 heteroatoms. The number of ether oxygens (including phenoxy) is 1. The summed E-state index contributed by atoms with van der Waals surface area (Å²) >= 11 is 0. The Kier molecular flexibility index (Phi) is 4.22. The number of carboxylic acids is 1. The highest BCUT2D eigenvalue weighted by molar-refractivity contribution is 5.84. The van der Waals surface area contributed by atoms with Gasteiger partial charge in [-0.15, -0.1) is 0 Å². The van der Waals surface area contributed by atoms with Crippen molar-refractivity contribution in [2.24, 2.45) is 0 Å². The molecule has 0 saturated heterocycles. The maximum atomic E-state index is 11.5. The van der Waals surface area contributed by atoms with Crippen LogP contribution in [0, 0.1) is 0 Å². The lowest BCUT2D eigenvalue weighted by Gasteiger charge is -2.10. The van der Waals surface area contributed by atoms with Gasteiger partial charge in [0.2, 0.25) is 0 Å². The fraction of sp³-hybridized carbons (Fsp3) is 0.214. The Morgan fingerprint density at radius 2 is 2.05 bits per heavy atom. The minimum atomic E-state index is -1.13. The van der Waals surface area contributed by atoms with Gasteiger partial charge >= 0.3 is 11.6 Å². The van der Waals surface area contributed by atoms with E-state index in [2.05, 4.69) is 5.32 Å². The Labute approximate surface area is 119 Å². The van der Waals surface area contributed by atoms with E-state index in [9.17, 15) is 14.4 Å². The standard InChI is InChI=1S/C14H13NO6/c1-8(14(18)19)15-12(16)7-20-10-4-2-9-3-5-13(17)21-11(9)6-10/h2-6,8H,7H2,1H3,(H,15,16)(H,18,19). The lowest BCUT2D eigenvalue weighted by Crippen LogP contribution is -2.40. The number of rotatable bonds is 5. The predicted molar refractivity (Wildman–Crippen MR) is 73.2 cm³/mol. The molecule has 21 heavy (non-hydrogen) atoms. The van der Waals surface area contributed by atoms with Gasteiger partial charge in [0.15, 0.2) is 6.61 Å². The van der Waals surface area contributed by atoms with Crippen LogP contribution in [0.4, 0.5) is 0 Å². The SMILES string of the molecule is CC(NC(=O)COc1ccc2ccc(=O)oc2c1)C(=O)O. The zero-order valence-electron chi connectivity index (χ0n) is 11.2. The Morgan fingerprint density at radius 1 is 1.33 bits per heavy atom. The zero-order valence-corrected chi connectivity index (χ0v) is 11.2. The molecular formula is C14H13NO6. The van der Waals surface area contributed by atoms with E-state index in [-0.39, 0.29) is 6.61 Å². The molecular weight excluding hydrogens is 278 g/mol. The molecule has 0 aliphatic carbocycles. The number of hydrogen-bond acceptors (Lipinski definition) is 5. The summed E-state index contributed by atoms with van der Waals surface area (Å²) in [6.45, 7) is 1.02. The number of nitrogens with one attached hydrogen (secondary N) is 1. The van der Waals surface area contributed by atoms with E-state index in [1.54, 1.807) is 18.2 Å². The highest BCUT2D eigenvalue weighted by Crippen LogP contribution is 2.19. The molecule has 0 bridgehead atoms. The quantitative estimate of drug-likeness (QED) is 0.788. The third kappa shape index (κ3) is 3.82. The van der Waals surface area contributed by atoms with Gasteiger partial charge < -0.3 is 19.6 Å². The number of amides is 1. The normalized spacial score (nSPS) is 11.9. The van der Waals surface area contributed by atoms with Crippen molar-refractivity contribution in [2.45, 2.75) is 13.0 Å². The Hall–Kier alpha value is -2.83. The molecule has 0 radical (unpaired) electrons. The van der Waals surface area contributed by atoms with E-state index in [0.29, 0.717) is 11.3 Å². The van der Waals surface area contributed by atoms with Crippen LogP contribution in [0.2, 0.25) is 0 Å². The summed E-state index contributed by atoms with van der Waals surface area (Å²) in [6.07, 6.45) is 0. The minimum absolute atomic E-state index is 0.333. The van der Waals surface area contributed by atoms with Crippen LogP contribution in [-0.2, 0) is 9.59 Å². The molecule has 1 aromatic heterocycles. The molecule has 1 aromatic carbocycles. The van der Waals surface area contributed by atoms with E-state index in [1.807, 2.05) is 0 Å². The predicted octanol–water partition coefficient (Wildman–Crippen LogP) is 0.761. The molecule has 7 nitrogen and oxygen atoms in total. The molecule has 1 amide bonds. The summed E-state index contributed by atoms with van der Waals surface area (Å²) in [7, 11) is 0. The van der Waals surface area contributed by atoms with Crippen LogP contribution >= 0.6 is 0 Å². The third-order valence-corrected chi connectivity index (χ3v) is 2.71. The van der Waals surface area contributed by atoms with E-state index in [4.69, 9.17) is 14.3 Å². The average Bonchev–Trinajstić information content (AvgIpc) is 2.44. The second kappa shape index (κ2) is 6.08. The number of carboxylic acid groups (broad SMARTS) is 1. The smallest absolute Gasteiger partial charge is 0.336 e. The van der Waals surface area contributed by atoms with E-state index >= 15 is 0 Å². The summed E-state index contributed by atoms with van der Waals surface area (Å²) < 4.78 is 10.2. The van der Waals surface area contributed by atoms with Crippen LogP contribution in [0.1, 0.15) is 6.92 Å². The van der Waals surface area contributed by atoms with Crippen molar-refractivity contribution in [1.29, 1.82) is 0 Å². The Balaban J connectivity index is 2.02. The first-order chi connectivity index (χ1) is 9.95. The van der Waals surface area contributed by atoms with Gasteiger partial charge in [0.25, 0.3) is 5.91 Å². The second-order valence-electron chi connectivity index (χ2n) is 4.37. The van der Waals surface area contributed by atoms with Crippen LogP contribution in [0.3, 0.4) is 0 Å². The third-order valence-electron chi connectivity index (χ3n) is 2.71. The Morgan fingerprint density at radius 3 is 2.76 bits per heavy atom. The summed E-state index contributed by atoms with van der Waals surface area (Å²) in [6, 6.07) is 6.73. The summed E-state index contributed by atoms with van der Waals surface area (Å²) in [5, 5.41) is 11.6. The number of aliphatic carboxylic acids is 1. The van der Waals surface area contributed by atoms with E-state index < -0.39 is 23.5 Å². The molecule has 2 aromatic rings. The van der Waals surface area contributed by atoms with Crippen LogP contribution in [0.5, 0.6) is 5.75 Å². The number of carbonyl (C=O) groups is 2. The van der Waals surface area contributed by atoms with Crippen molar-refractivity contribution in [3.63, 3.8) is 0 Å². The van der Waals surface area contributed by atoms with Crippen molar-refractivity contribution in [3.05, 3.63) is 40.8 Å². The van der Waals surface area contributed by atoms with Crippen molar-refractivity contribution in [2.75, 3.05) is 6.61 Å². The van der Waals surface area contributed by atoms with Crippen molar-refractivity contribution < 1.29 is 23.8 Å². The summed E-state index contributed by atoms with van der Waals surface area (Å²) in [5.74, 6) is -1.34. The average molecular weight is 291 g/mol. The lowest BCUT2D eigenvalue weighted by molar-refractivity contribution is -0.141. The fourth-order valence-electron chi connectivity index (χ4n) is 1.62. The maximum Gasteiger partial charge on any atom is 0.336 e. The molecule has 2 N–H and O–H groups in total. The number of carbonyl (C=O) groups excluding carboxylic acids is 1. The zero-order chi connectivity index (χ0) is 15.4. The first-order valence-corrected chi connectivity index (χ1v) is 6.14. The minimum Gasteiger partial charge on any atom is -0.484 e. The highest BCUT2D eigenvalue weighted by atomic mass is 16.5. The van der Waals surface area contributed by atoms with Gasteiger partial charge in [0.05, 0.1) is 0 Å². The maximum absolute atomic E-state index is 11.5. The molecule has 0 aliphatic rings. The van der Waals surface area contributed by atoms with E-state index in [0.717, 1.165) is 5.39 Å². The van der Waals surface area contributed by atoms with Gasteiger partial charge in [-0.1, -0.05) is 0 Å². The van der Waals surface area contributed by atoms with Gasteiger partial charge in [-0.05, 0) is 25.1 Å². The molecule has 0 fully saturated rings. The van der Waals surface area contributed by atoms with Crippen molar-refractivity contribution in [3.8, 4) is 5.75 Å². The topological polar surface area (TPSA) is 106 Å². The van der Waals surface area contributed by atoms with Crippen LogP contribution in [0.15, 0.2) is 39.5 Å². The van der Waals surface area contributed by atoms with Crippen LogP contribution in [-0.4, -0.2) is 29.6 Å². The van der Waals surface area contributed by atoms with Gasteiger partial charge in [-0.25, -0.2) is 4.79 Å². The van der Waals surface area contributed by atoms with Gasteiger partial charge in [0.1, 0.15) is 17.4 Å². The molecule has 0 aliphatic heterocycles. The number of benzene rings is 1. The Bertz CT molecular complexity index is 736.